The lowest BCUT2D eigenvalue weighted by Gasteiger charge is -2.54. The second kappa shape index (κ2) is 9.99. The van der Waals surface area contributed by atoms with Crippen molar-refractivity contribution in [3.05, 3.63) is 63.1 Å². The number of nitrogens with two attached hydrogens (primary N) is 1. The van der Waals surface area contributed by atoms with Gasteiger partial charge in [0.15, 0.2) is 0 Å². The van der Waals surface area contributed by atoms with Gasteiger partial charge in [-0.1, -0.05) is 46.9 Å². The summed E-state index contributed by atoms with van der Waals surface area (Å²) >= 11 is 18.4. The molecule has 10 heteroatoms. The fourth-order valence-electron chi connectivity index (χ4n) is 4.78. The van der Waals surface area contributed by atoms with Crippen molar-refractivity contribution in [2.75, 3.05) is 26.2 Å². The molecular weight excluding hydrogens is 503 g/mol. The number of benzene rings is 2. The zero-order chi connectivity index (χ0) is 23.9. The Hall–Kier alpha value is -0.900. The largest absolute Gasteiger partial charge is 0.325 e. The highest BCUT2D eigenvalue weighted by molar-refractivity contribution is 7.89. The maximum Gasteiger partial charge on any atom is 0.246 e. The van der Waals surface area contributed by atoms with E-state index in [1.807, 2.05) is 24.3 Å². The SMILES string of the molecule is CC(C)N1CC(Cc2ccc(Cl)cc2)N2CC(N)CN(S(=O)(=O)c3ccc(Cl)cc3Cl)C2C1. The summed E-state index contributed by atoms with van der Waals surface area (Å²) in [7, 11) is -3.89. The first-order valence-corrected chi connectivity index (χ1v) is 13.6. The smallest absolute Gasteiger partial charge is 0.246 e. The average Bonchev–Trinajstić information content (AvgIpc) is 2.74. The fraction of sp³-hybridized carbons (Fsp3) is 0.478. The third kappa shape index (κ3) is 5.36. The highest BCUT2D eigenvalue weighted by atomic mass is 35.5. The minimum atomic E-state index is -3.89. The number of hydrogen-bond acceptors (Lipinski definition) is 5. The predicted octanol–water partition coefficient (Wildman–Crippen LogP) is 3.94. The Bertz CT molecular complexity index is 1100. The van der Waals surface area contributed by atoms with Crippen LogP contribution in [0, 0.1) is 0 Å². The molecule has 3 unspecified atom stereocenters. The van der Waals surface area contributed by atoms with Gasteiger partial charge in [-0.2, -0.15) is 4.31 Å². The van der Waals surface area contributed by atoms with Crippen molar-refractivity contribution in [1.82, 2.24) is 14.1 Å². The van der Waals surface area contributed by atoms with Gasteiger partial charge < -0.3 is 5.73 Å². The molecule has 0 saturated carbocycles. The highest BCUT2D eigenvalue weighted by Crippen LogP contribution is 2.34. The minimum absolute atomic E-state index is 0.0542. The van der Waals surface area contributed by atoms with Crippen molar-refractivity contribution in [1.29, 1.82) is 0 Å². The summed E-state index contributed by atoms with van der Waals surface area (Å²) in [6.07, 6.45) is 0.439. The monoisotopic (exact) mass is 530 g/mol. The normalized spacial score (nSPS) is 25.4. The summed E-state index contributed by atoms with van der Waals surface area (Å²) in [4.78, 5) is 4.65. The topological polar surface area (TPSA) is 69.9 Å². The fourth-order valence-corrected chi connectivity index (χ4v) is 7.30. The molecule has 0 spiro atoms. The Labute approximate surface area is 211 Å². The summed E-state index contributed by atoms with van der Waals surface area (Å²) in [6.45, 7) is 6.58. The van der Waals surface area contributed by atoms with Crippen molar-refractivity contribution in [3.63, 3.8) is 0 Å². The van der Waals surface area contributed by atoms with E-state index in [0.29, 0.717) is 23.1 Å². The van der Waals surface area contributed by atoms with Crippen molar-refractivity contribution in [2.45, 2.75) is 49.5 Å². The predicted molar refractivity (Wildman–Crippen MR) is 134 cm³/mol. The highest BCUT2D eigenvalue weighted by Gasteiger charge is 2.47. The molecule has 2 N–H and O–H groups in total. The molecule has 3 atom stereocenters. The van der Waals surface area contributed by atoms with E-state index in [4.69, 9.17) is 40.5 Å². The van der Waals surface area contributed by atoms with E-state index in [1.165, 1.54) is 16.4 Å². The van der Waals surface area contributed by atoms with Crippen LogP contribution in [0.15, 0.2) is 47.4 Å². The molecule has 4 rings (SSSR count). The van der Waals surface area contributed by atoms with Crippen LogP contribution in [-0.4, -0.2) is 73.0 Å². The molecule has 0 amide bonds. The maximum atomic E-state index is 13.8. The number of sulfonamides is 1. The average molecular weight is 532 g/mol. The van der Waals surface area contributed by atoms with Crippen LogP contribution in [0.5, 0.6) is 0 Å². The zero-order valence-electron chi connectivity index (χ0n) is 18.7. The maximum absolute atomic E-state index is 13.8. The van der Waals surface area contributed by atoms with Crippen LogP contribution in [0.2, 0.25) is 15.1 Å². The van der Waals surface area contributed by atoms with E-state index >= 15 is 0 Å². The first-order valence-electron chi connectivity index (χ1n) is 11.0. The molecule has 2 aromatic carbocycles. The second-order valence-corrected chi connectivity index (χ2v) is 12.3. The Balaban J connectivity index is 1.70. The molecule has 6 nitrogen and oxygen atoms in total. The van der Waals surface area contributed by atoms with Gasteiger partial charge in [0.25, 0.3) is 0 Å². The van der Waals surface area contributed by atoms with Crippen LogP contribution in [0.25, 0.3) is 0 Å². The lowest BCUT2D eigenvalue weighted by molar-refractivity contribution is -0.0617. The van der Waals surface area contributed by atoms with Crippen molar-refractivity contribution < 1.29 is 8.42 Å². The number of fused-ring (bicyclic) bond motifs is 1. The van der Waals surface area contributed by atoms with Gasteiger partial charge in [0, 0.05) is 54.3 Å². The summed E-state index contributed by atoms with van der Waals surface area (Å²) in [5.41, 5.74) is 7.56. The number of hydrogen-bond donors (Lipinski definition) is 1. The molecule has 2 fully saturated rings. The van der Waals surface area contributed by atoms with Gasteiger partial charge in [-0.25, -0.2) is 8.42 Å². The van der Waals surface area contributed by atoms with E-state index in [1.54, 1.807) is 6.07 Å². The Kier molecular flexibility index (Phi) is 7.63. The van der Waals surface area contributed by atoms with Crippen LogP contribution in [0.3, 0.4) is 0 Å². The molecule has 0 radical (unpaired) electrons. The molecule has 2 aliphatic heterocycles. The summed E-state index contributed by atoms with van der Waals surface area (Å²) < 4.78 is 29.1. The summed E-state index contributed by atoms with van der Waals surface area (Å²) in [5.74, 6) is 0. The first kappa shape index (κ1) is 25.2. The number of nitrogens with zero attached hydrogens (tertiary/aromatic N) is 3. The molecule has 2 heterocycles. The minimum Gasteiger partial charge on any atom is -0.325 e. The second-order valence-electron chi connectivity index (χ2n) is 9.12. The molecule has 33 heavy (non-hydrogen) atoms. The van der Waals surface area contributed by atoms with Gasteiger partial charge in [-0.3, -0.25) is 9.80 Å². The number of piperazine rings is 1. The molecule has 2 aliphatic rings. The molecule has 0 bridgehead atoms. The number of rotatable bonds is 5. The molecule has 0 aromatic heterocycles. The van der Waals surface area contributed by atoms with E-state index in [0.717, 1.165) is 18.5 Å². The van der Waals surface area contributed by atoms with Crippen LogP contribution in [0.1, 0.15) is 19.4 Å². The van der Waals surface area contributed by atoms with Crippen molar-refractivity contribution in [2.24, 2.45) is 5.73 Å². The van der Waals surface area contributed by atoms with E-state index in [-0.39, 0.29) is 40.8 Å². The van der Waals surface area contributed by atoms with E-state index < -0.39 is 10.0 Å². The van der Waals surface area contributed by atoms with Gasteiger partial charge in [-0.05, 0) is 56.2 Å². The Morgan fingerprint density at radius 1 is 0.970 bits per heavy atom. The molecular formula is C23H29Cl3N4O2S. The lowest BCUT2D eigenvalue weighted by Crippen LogP contribution is -2.72. The van der Waals surface area contributed by atoms with Crippen LogP contribution >= 0.6 is 34.8 Å². The van der Waals surface area contributed by atoms with Crippen LogP contribution in [0.4, 0.5) is 0 Å². The van der Waals surface area contributed by atoms with Crippen LogP contribution < -0.4 is 5.73 Å². The summed E-state index contributed by atoms with van der Waals surface area (Å²) in [6, 6.07) is 12.4. The van der Waals surface area contributed by atoms with Gasteiger partial charge in [0.2, 0.25) is 10.0 Å². The molecule has 180 valence electrons. The third-order valence-corrected chi connectivity index (χ3v) is 9.32. The quantitative estimate of drug-likeness (QED) is 0.633. The van der Waals surface area contributed by atoms with Gasteiger partial charge in [0.05, 0.1) is 11.2 Å². The molecule has 2 aromatic rings. The Morgan fingerprint density at radius 2 is 1.64 bits per heavy atom. The zero-order valence-corrected chi connectivity index (χ0v) is 21.7. The summed E-state index contributed by atoms with van der Waals surface area (Å²) in [5, 5.41) is 1.20. The molecule has 2 saturated heterocycles. The van der Waals surface area contributed by atoms with Crippen molar-refractivity contribution >= 4 is 44.8 Å². The van der Waals surface area contributed by atoms with E-state index in [2.05, 4.69) is 23.6 Å². The van der Waals surface area contributed by atoms with Gasteiger partial charge in [0.1, 0.15) is 4.90 Å². The third-order valence-electron chi connectivity index (χ3n) is 6.48. The first-order chi connectivity index (χ1) is 15.6. The standard InChI is InChI=1S/C23H29Cl3N4O2S/c1-15(2)28-13-20(9-16-3-5-17(24)6-4-16)29-11-19(27)12-30(23(29)14-28)33(31,32)22-8-7-18(25)10-21(22)26/h3-8,10,15,19-20,23H,9,11-14,27H2,1-2H3. The van der Waals surface area contributed by atoms with Crippen molar-refractivity contribution in [3.8, 4) is 0 Å². The number of halogens is 3. The molecule has 0 aliphatic carbocycles. The lowest BCUT2D eigenvalue weighted by atomic mass is 9.98. The van der Waals surface area contributed by atoms with Gasteiger partial charge in [-0.15, -0.1) is 0 Å². The van der Waals surface area contributed by atoms with Crippen LogP contribution in [-0.2, 0) is 16.4 Å². The Morgan fingerprint density at radius 3 is 2.27 bits per heavy atom. The van der Waals surface area contributed by atoms with E-state index in [9.17, 15) is 8.42 Å². The van der Waals surface area contributed by atoms with Gasteiger partial charge >= 0.3 is 0 Å².